The van der Waals surface area contributed by atoms with Crippen molar-refractivity contribution in [2.24, 2.45) is 5.73 Å². The molecule has 4 nitrogen and oxygen atoms in total. The van der Waals surface area contributed by atoms with Crippen LogP contribution in [0.5, 0.6) is 0 Å². The van der Waals surface area contributed by atoms with Crippen LogP contribution in [-0.2, 0) is 0 Å². The molecule has 0 spiro atoms. The molecule has 0 aromatic heterocycles. The second-order valence-electron chi connectivity index (χ2n) is 6.13. The van der Waals surface area contributed by atoms with Crippen molar-refractivity contribution in [3.63, 3.8) is 0 Å². The van der Waals surface area contributed by atoms with Gasteiger partial charge in [0.15, 0.2) is 0 Å². The van der Waals surface area contributed by atoms with Gasteiger partial charge in [-0.05, 0) is 31.2 Å². The third kappa shape index (κ3) is 2.58. The van der Waals surface area contributed by atoms with Gasteiger partial charge in [0.25, 0.3) is 0 Å². The molecule has 3 unspecified atom stereocenters. The zero-order valence-corrected chi connectivity index (χ0v) is 11.7. The maximum Gasteiger partial charge on any atom is 0.0995 e. The van der Waals surface area contributed by atoms with Crippen molar-refractivity contribution in [1.29, 1.82) is 5.41 Å². The fourth-order valence-electron chi connectivity index (χ4n) is 3.82. The lowest BCUT2D eigenvalue weighted by atomic mass is 9.93. The summed E-state index contributed by atoms with van der Waals surface area (Å²) in [5, 5.41) is 17.8. The zero-order valence-electron chi connectivity index (χ0n) is 11.7. The predicted octanol–water partition coefficient (Wildman–Crippen LogP) is 1.69. The van der Waals surface area contributed by atoms with Crippen LogP contribution in [0.2, 0.25) is 0 Å². The minimum atomic E-state index is -0.142. The largest absolute Gasteiger partial charge is 0.393 e. The van der Waals surface area contributed by atoms with Gasteiger partial charge in [-0.3, -0.25) is 10.3 Å². The van der Waals surface area contributed by atoms with Gasteiger partial charge in [-0.2, -0.15) is 0 Å². The van der Waals surface area contributed by atoms with Gasteiger partial charge in [0.1, 0.15) is 0 Å². The molecule has 20 heavy (non-hydrogen) atoms. The Balaban J connectivity index is 1.77. The number of rotatable bonds is 4. The van der Waals surface area contributed by atoms with Crippen LogP contribution in [0.3, 0.4) is 0 Å². The van der Waals surface area contributed by atoms with Gasteiger partial charge in [0.2, 0.25) is 0 Å². The van der Waals surface area contributed by atoms with E-state index in [1.165, 1.54) is 12.8 Å². The van der Waals surface area contributed by atoms with Crippen molar-refractivity contribution < 1.29 is 5.11 Å². The maximum absolute atomic E-state index is 9.87. The topological polar surface area (TPSA) is 73.3 Å². The first kappa shape index (κ1) is 13.6. The highest BCUT2D eigenvalue weighted by Crippen LogP contribution is 2.37. The number of fused-ring (bicyclic) bond motifs is 2. The summed E-state index contributed by atoms with van der Waals surface area (Å²) in [4.78, 5) is 2.48. The van der Waals surface area contributed by atoms with E-state index in [-0.39, 0.29) is 17.9 Å². The Morgan fingerprint density at radius 2 is 1.85 bits per heavy atom. The number of benzene rings is 1. The number of nitrogens with two attached hydrogens (primary N) is 1. The lowest BCUT2D eigenvalue weighted by Gasteiger charge is -2.39. The molecule has 0 aliphatic carbocycles. The van der Waals surface area contributed by atoms with Gasteiger partial charge >= 0.3 is 0 Å². The van der Waals surface area contributed by atoms with Crippen molar-refractivity contribution in [2.45, 2.75) is 49.8 Å². The Kier molecular flexibility index (Phi) is 3.76. The van der Waals surface area contributed by atoms with Crippen molar-refractivity contribution in [2.75, 3.05) is 6.54 Å². The van der Waals surface area contributed by atoms with Crippen LogP contribution in [-0.4, -0.2) is 40.6 Å². The first-order chi connectivity index (χ1) is 9.65. The molecule has 2 fully saturated rings. The highest BCUT2D eigenvalue weighted by molar-refractivity contribution is 5.84. The minimum Gasteiger partial charge on any atom is -0.393 e. The molecule has 1 aromatic carbocycles. The molecule has 4 N–H and O–H groups in total. The van der Waals surface area contributed by atoms with Crippen LogP contribution in [0.15, 0.2) is 30.3 Å². The van der Waals surface area contributed by atoms with Crippen LogP contribution in [0.4, 0.5) is 0 Å². The molecule has 2 bridgehead atoms. The number of hydrogen-bond acceptors (Lipinski definition) is 3. The predicted molar refractivity (Wildman–Crippen MR) is 79.9 cm³/mol. The van der Waals surface area contributed by atoms with Crippen LogP contribution >= 0.6 is 0 Å². The number of aliphatic hydroxyl groups excluding tert-OH is 1. The third-order valence-corrected chi connectivity index (χ3v) is 4.83. The van der Waals surface area contributed by atoms with Gasteiger partial charge in [0.05, 0.1) is 17.9 Å². The molecule has 4 heteroatoms. The third-order valence-electron chi connectivity index (χ3n) is 4.83. The smallest absolute Gasteiger partial charge is 0.0995 e. The van der Waals surface area contributed by atoms with E-state index in [1.54, 1.807) is 0 Å². The molecule has 2 aliphatic heterocycles. The molecule has 2 heterocycles. The summed E-state index contributed by atoms with van der Waals surface area (Å²) < 4.78 is 0. The van der Waals surface area contributed by atoms with Gasteiger partial charge < -0.3 is 10.8 Å². The Hall–Kier alpha value is -1.39. The van der Waals surface area contributed by atoms with E-state index < -0.39 is 0 Å². The summed E-state index contributed by atoms with van der Waals surface area (Å²) in [6, 6.07) is 11.0. The number of piperidine rings is 1. The van der Waals surface area contributed by atoms with E-state index >= 15 is 0 Å². The van der Waals surface area contributed by atoms with Crippen LogP contribution in [0, 0.1) is 5.41 Å². The van der Waals surface area contributed by atoms with Crippen molar-refractivity contribution in [1.82, 2.24) is 4.90 Å². The van der Waals surface area contributed by atoms with Gasteiger partial charge in [-0.1, -0.05) is 30.3 Å². The number of hydrogen-bond donors (Lipinski definition) is 3. The molecule has 2 aliphatic rings. The van der Waals surface area contributed by atoms with Crippen LogP contribution < -0.4 is 5.73 Å². The molecule has 0 amide bonds. The molecule has 0 radical (unpaired) electrons. The maximum atomic E-state index is 9.87. The molecule has 3 rings (SSSR count). The lowest BCUT2D eigenvalue weighted by Crippen LogP contribution is -2.47. The lowest BCUT2D eigenvalue weighted by molar-refractivity contribution is 0.0349. The summed E-state index contributed by atoms with van der Waals surface area (Å²) in [7, 11) is 0. The summed E-state index contributed by atoms with van der Waals surface area (Å²) in [6.45, 7) is 0.807. The Bertz CT molecular complexity index is 462. The van der Waals surface area contributed by atoms with E-state index in [0.717, 1.165) is 24.9 Å². The van der Waals surface area contributed by atoms with Crippen molar-refractivity contribution >= 4 is 5.84 Å². The summed E-state index contributed by atoms with van der Waals surface area (Å²) in [5.74, 6) is 0.205. The Morgan fingerprint density at radius 1 is 1.25 bits per heavy atom. The first-order valence-corrected chi connectivity index (χ1v) is 7.48. The number of nitrogens with one attached hydrogen (secondary N) is 1. The molecule has 0 saturated carbocycles. The summed E-state index contributed by atoms with van der Waals surface area (Å²) >= 11 is 0. The number of aliphatic hydroxyl groups is 1. The highest BCUT2D eigenvalue weighted by Gasteiger charge is 2.41. The van der Waals surface area contributed by atoms with E-state index in [1.807, 2.05) is 30.3 Å². The molecule has 3 atom stereocenters. The monoisotopic (exact) mass is 273 g/mol. The Morgan fingerprint density at radius 3 is 2.40 bits per heavy atom. The van der Waals surface area contributed by atoms with E-state index in [2.05, 4.69) is 4.90 Å². The fraction of sp³-hybridized carbons (Fsp3) is 0.562. The fourth-order valence-corrected chi connectivity index (χ4v) is 3.82. The molecule has 1 aromatic rings. The molecular formula is C16H23N3O. The van der Waals surface area contributed by atoms with Crippen LogP contribution in [0.25, 0.3) is 0 Å². The summed E-state index contributed by atoms with van der Waals surface area (Å²) in [6.07, 6.45) is 3.94. The van der Waals surface area contributed by atoms with Crippen molar-refractivity contribution in [3.05, 3.63) is 35.9 Å². The normalized spacial score (nSPS) is 31.1. The average molecular weight is 273 g/mol. The van der Waals surface area contributed by atoms with E-state index in [9.17, 15) is 5.11 Å². The quantitative estimate of drug-likeness (QED) is 0.577. The van der Waals surface area contributed by atoms with Gasteiger partial charge in [-0.25, -0.2) is 0 Å². The number of amidine groups is 1. The second kappa shape index (κ2) is 5.54. The minimum absolute atomic E-state index is 0.0328. The van der Waals surface area contributed by atoms with E-state index in [4.69, 9.17) is 11.1 Å². The second-order valence-corrected chi connectivity index (χ2v) is 6.13. The van der Waals surface area contributed by atoms with Gasteiger partial charge in [0, 0.05) is 18.6 Å². The Labute approximate surface area is 120 Å². The van der Waals surface area contributed by atoms with Gasteiger partial charge in [-0.15, -0.1) is 0 Å². The van der Waals surface area contributed by atoms with E-state index in [0.29, 0.717) is 12.1 Å². The SMILES string of the molecule is N=C(N)C(CN1C2CCC1CC(O)C2)c1ccccc1. The average Bonchev–Trinajstić information content (AvgIpc) is 2.67. The molecule has 2 saturated heterocycles. The molecule has 108 valence electrons. The molecular weight excluding hydrogens is 250 g/mol. The summed E-state index contributed by atoms with van der Waals surface area (Å²) in [5.41, 5.74) is 6.95. The highest BCUT2D eigenvalue weighted by atomic mass is 16.3. The van der Waals surface area contributed by atoms with Crippen LogP contribution in [0.1, 0.15) is 37.2 Å². The number of nitrogens with zero attached hydrogens (tertiary/aromatic N) is 1. The standard InChI is InChI=1S/C16H23N3O/c17-16(18)15(11-4-2-1-3-5-11)10-19-12-6-7-13(19)9-14(20)8-12/h1-5,12-15,20H,6-10H2,(H3,17,18). The first-order valence-electron chi connectivity index (χ1n) is 7.48. The van der Waals surface area contributed by atoms with Crippen molar-refractivity contribution in [3.8, 4) is 0 Å². The zero-order chi connectivity index (χ0) is 14.1.